The van der Waals surface area contributed by atoms with Crippen LogP contribution in [0.15, 0.2) is 80.7 Å². The molecule has 0 spiro atoms. The van der Waals surface area contributed by atoms with Crippen molar-refractivity contribution in [1.29, 1.82) is 0 Å². The molecule has 0 radical (unpaired) electrons. The zero-order valence-electron chi connectivity index (χ0n) is 15.2. The molecular formula is C22H14BrNO5. The molecule has 0 bridgehead atoms. The summed E-state index contributed by atoms with van der Waals surface area (Å²) in [6, 6.07) is 15.0. The van der Waals surface area contributed by atoms with Crippen LogP contribution in [-0.4, -0.2) is 11.0 Å². The van der Waals surface area contributed by atoms with Crippen LogP contribution < -0.4 is 14.9 Å². The minimum atomic E-state index is -0.551. The summed E-state index contributed by atoms with van der Waals surface area (Å²) in [6.45, 7) is 1.64. The van der Waals surface area contributed by atoms with Gasteiger partial charge < -0.3 is 13.9 Å². The van der Waals surface area contributed by atoms with Gasteiger partial charge in [0.05, 0.1) is 15.4 Å². The molecule has 0 unspecified atom stereocenters. The number of pyridine rings is 1. The number of benzene rings is 2. The lowest BCUT2D eigenvalue weighted by molar-refractivity contribution is 0.0734. The van der Waals surface area contributed by atoms with Crippen molar-refractivity contribution in [3.63, 3.8) is 0 Å². The van der Waals surface area contributed by atoms with E-state index < -0.39 is 5.97 Å². The Morgan fingerprint density at radius 3 is 2.69 bits per heavy atom. The van der Waals surface area contributed by atoms with Gasteiger partial charge >= 0.3 is 5.97 Å². The first-order chi connectivity index (χ1) is 14.0. The molecule has 0 aliphatic carbocycles. The normalized spacial score (nSPS) is 10.7. The number of hydrogen-bond acceptors (Lipinski definition) is 6. The molecule has 144 valence electrons. The van der Waals surface area contributed by atoms with E-state index in [0.717, 1.165) is 4.47 Å². The molecule has 0 saturated carbocycles. The molecule has 4 aromatic rings. The number of para-hydroxylation sites is 1. The molecule has 7 heteroatoms. The fraction of sp³-hybridized carbons (Fsp3) is 0.0455. The van der Waals surface area contributed by atoms with E-state index in [1.54, 1.807) is 43.5 Å². The van der Waals surface area contributed by atoms with Gasteiger partial charge in [0, 0.05) is 18.5 Å². The minimum Gasteiger partial charge on any atom is -0.457 e. The van der Waals surface area contributed by atoms with Gasteiger partial charge in [0.25, 0.3) is 0 Å². The maximum absolute atomic E-state index is 12.9. The highest BCUT2D eigenvalue weighted by molar-refractivity contribution is 9.10. The second kappa shape index (κ2) is 7.89. The third kappa shape index (κ3) is 3.90. The predicted octanol–water partition coefficient (Wildman–Crippen LogP) is 5.27. The van der Waals surface area contributed by atoms with Crippen molar-refractivity contribution < 1.29 is 18.7 Å². The van der Waals surface area contributed by atoms with Gasteiger partial charge in [0.1, 0.15) is 22.8 Å². The van der Waals surface area contributed by atoms with Crippen molar-refractivity contribution in [2.75, 3.05) is 0 Å². The van der Waals surface area contributed by atoms with Crippen molar-refractivity contribution in [3.05, 3.63) is 93.0 Å². The molecule has 0 aliphatic rings. The molecule has 4 rings (SSSR count). The van der Waals surface area contributed by atoms with E-state index in [9.17, 15) is 9.59 Å². The first kappa shape index (κ1) is 18.9. The molecule has 0 amide bonds. The monoisotopic (exact) mass is 451 g/mol. The molecule has 0 aliphatic heterocycles. The highest BCUT2D eigenvalue weighted by atomic mass is 79.9. The van der Waals surface area contributed by atoms with E-state index in [-0.39, 0.29) is 16.9 Å². The fourth-order valence-electron chi connectivity index (χ4n) is 2.74. The summed E-state index contributed by atoms with van der Waals surface area (Å²) in [5.74, 6) is 0.626. The number of hydrogen-bond donors (Lipinski definition) is 0. The fourth-order valence-corrected chi connectivity index (χ4v) is 3.10. The van der Waals surface area contributed by atoms with Gasteiger partial charge in [-0.2, -0.15) is 0 Å². The van der Waals surface area contributed by atoms with E-state index in [0.29, 0.717) is 28.0 Å². The van der Waals surface area contributed by atoms with Crippen LogP contribution in [0.5, 0.6) is 17.2 Å². The number of nitrogens with zero attached hydrogens (tertiary/aromatic N) is 1. The van der Waals surface area contributed by atoms with E-state index in [4.69, 9.17) is 13.9 Å². The second-order valence-electron chi connectivity index (χ2n) is 6.14. The zero-order chi connectivity index (χ0) is 20.4. The summed E-state index contributed by atoms with van der Waals surface area (Å²) in [5.41, 5.74) is 0.301. The molecule has 2 heterocycles. The number of ether oxygens (including phenoxy) is 2. The largest absolute Gasteiger partial charge is 0.457 e. The van der Waals surface area contributed by atoms with Crippen molar-refractivity contribution in [2.45, 2.75) is 6.92 Å². The third-order valence-corrected chi connectivity index (χ3v) is 4.80. The summed E-state index contributed by atoms with van der Waals surface area (Å²) in [6.07, 6.45) is 2.98. The first-order valence-electron chi connectivity index (χ1n) is 8.65. The van der Waals surface area contributed by atoms with Crippen molar-refractivity contribution in [1.82, 2.24) is 4.98 Å². The first-order valence-corrected chi connectivity index (χ1v) is 9.44. The second-order valence-corrected chi connectivity index (χ2v) is 6.99. The van der Waals surface area contributed by atoms with Gasteiger partial charge in [-0.05, 0) is 59.3 Å². The Balaban J connectivity index is 1.68. The lowest BCUT2D eigenvalue weighted by Gasteiger charge is -2.10. The van der Waals surface area contributed by atoms with Crippen molar-refractivity contribution in [3.8, 4) is 17.2 Å². The maximum Gasteiger partial charge on any atom is 0.345 e. The van der Waals surface area contributed by atoms with E-state index in [1.807, 2.05) is 12.1 Å². The van der Waals surface area contributed by atoms with Crippen LogP contribution in [0, 0.1) is 6.92 Å². The van der Waals surface area contributed by atoms with E-state index >= 15 is 0 Å². The van der Waals surface area contributed by atoms with Crippen LogP contribution in [0.25, 0.3) is 11.0 Å². The molecule has 2 aromatic heterocycles. The zero-order valence-corrected chi connectivity index (χ0v) is 16.8. The molecule has 0 fully saturated rings. The van der Waals surface area contributed by atoms with Crippen molar-refractivity contribution in [2.24, 2.45) is 0 Å². The molecule has 0 atom stereocenters. The highest BCUT2D eigenvalue weighted by Gasteiger charge is 2.16. The van der Waals surface area contributed by atoms with Gasteiger partial charge in [-0.1, -0.05) is 12.1 Å². The third-order valence-electron chi connectivity index (χ3n) is 4.14. The molecule has 2 aromatic carbocycles. The molecule has 0 N–H and O–H groups in total. The number of aromatic nitrogens is 1. The lowest BCUT2D eigenvalue weighted by Crippen LogP contribution is -2.10. The molecule has 6 nitrogen and oxygen atoms in total. The number of fused-ring (bicyclic) bond motifs is 1. The standard InChI is InChI=1S/C22H14BrNO5/c1-13-21(29-18-7-3-2-6-17(18)23)20(25)16-9-8-15(11-19(16)27-13)28-22(26)14-5-4-10-24-12-14/h2-12H,1H3. The van der Waals surface area contributed by atoms with Crippen LogP contribution >= 0.6 is 15.9 Å². The van der Waals surface area contributed by atoms with E-state index in [1.165, 1.54) is 18.3 Å². The summed E-state index contributed by atoms with van der Waals surface area (Å²) in [4.78, 5) is 29.0. The molecular weight excluding hydrogens is 438 g/mol. The summed E-state index contributed by atoms with van der Waals surface area (Å²) >= 11 is 3.39. The van der Waals surface area contributed by atoms with Crippen LogP contribution in [0.3, 0.4) is 0 Å². The number of carbonyl (C=O) groups excluding carboxylic acids is 1. The van der Waals surface area contributed by atoms with Gasteiger partial charge in [-0.15, -0.1) is 0 Å². The summed E-state index contributed by atoms with van der Waals surface area (Å²) in [7, 11) is 0. The average molecular weight is 452 g/mol. The van der Waals surface area contributed by atoms with Gasteiger partial charge in [0.2, 0.25) is 11.2 Å². The lowest BCUT2D eigenvalue weighted by atomic mass is 10.2. The molecule has 29 heavy (non-hydrogen) atoms. The van der Waals surface area contributed by atoms with Gasteiger partial charge in [-0.3, -0.25) is 9.78 Å². The number of esters is 1. The van der Waals surface area contributed by atoms with Crippen LogP contribution in [0.4, 0.5) is 0 Å². The number of carbonyl (C=O) groups is 1. The quantitative estimate of drug-likeness (QED) is 0.310. The van der Waals surface area contributed by atoms with Crippen molar-refractivity contribution >= 4 is 32.9 Å². The summed E-state index contributed by atoms with van der Waals surface area (Å²) in [5, 5.41) is 0.318. The Labute approximate surface area is 173 Å². The average Bonchev–Trinajstić information content (AvgIpc) is 2.73. The van der Waals surface area contributed by atoms with Gasteiger partial charge in [-0.25, -0.2) is 4.79 Å². The Bertz CT molecular complexity index is 1270. The maximum atomic E-state index is 12.9. The number of aryl methyl sites for hydroxylation is 1. The van der Waals surface area contributed by atoms with Gasteiger partial charge in [0.15, 0.2) is 0 Å². The Kier molecular flexibility index (Phi) is 5.14. The van der Waals surface area contributed by atoms with Crippen LogP contribution in [-0.2, 0) is 0 Å². The minimum absolute atomic E-state index is 0.101. The Hall–Kier alpha value is -3.45. The topological polar surface area (TPSA) is 78.6 Å². The highest BCUT2D eigenvalue weighted by Crippen LogP contribution is 2.31. The van der Waals surface area contributed by atoms with E-state index in [2.05, 4.69) is 20.9 Å². The number of halogens is 1. The Morgan fingerprint density at radius 2 is 1.93 bits per heavy atom. The summed E-state index contributed by atoms with van der Waals surface area (Å²) < 4.78 is 17.6. The van der Waals surface area contributed by atoms with Crippen LogP contribution in [0.1, 0.15) is 16.1 Å². The Morgan fingerprint density at radius 1 is 1.10 bits per heavy atom. The van der Waals surface area contributed by atoms with Crippen LogP contribution in [0.2, 0.25) is 0 Å². The SMILES string of the molecule is Cc1oc2cc(OC(=O)c3cccnc3)ccc2c(=O)c1Oc1ccccc1Br. The molecule has 0 saturated heterocycles. The smallest absolute Gasteiger partial charge is 0.345 e. The predicted molar refractivity (Wildman–Crippen MR) is 111 cm³/mol. The number of rotatable bonds is 4.